The minimum absolute atomic E-state index is 0.128. The van der Waals surface area contributed by atoms with Crippen LogP contribution in [0.5, 0.6) is 11.5 Å². The van der Waals surface area contributed by atoms with Gasteiger partial charge < -0.3 is 29.4 Å². The van der Waals surface area contributed by atoms with Crippen molar-refractivity contribution in [3.05, 3.63) is 71.8 Å². The summed E-state index contributed by atoms with van der Waals surface area (Å²) in [5.74, 6) is -0.517. The Morgan fingerprint density at radius 2 is 1.87 bits per heavy atom. The van der Waals surface area contributed by atoms with Crippen LogP contribution in [0, 0.1) is 5.82 Å². The highest BCUT2D eigenvalue weighted by Crippen LogP contribution is 2.33. The molecule has 39 heavy (non-hydrogen) atoms. The van der Waals surface area contributed by atoms with Crippen molar-refractivity contribution in [2.24, 2.45) is 0 Å². The first kappa shape index (κ1) is 26.4. The Morgan fingerprint density at radius 3 is 2.54 bits per heavy atom. The second kappa shape index (κ2) is 12.1. The van der Waals surface area contributed by atoms with E-state index in [1.165, 1.54) is 0 Å². The van der Waals surface area contributed by atoms with Crippen molar-refractivity contribution in [1.29, 1.82) is 0 Å². The van der Waals surface area contributed by atoms with Crippen LogP contribution in [0.3, 0.4) is 0 Å². The molecular formula is C29H32FN5O4. The molecule has 4 aromatic rings. The summed E-state index contributed by atoms with van der Waals surface area (Å²) in [6, 6.07) is 12.7. The Bertz CT molecular complexity index is 1390. The first-order chi connectivity index (χ1) is 19.1. The number of benzene rings is 2. The molecule has 0 spiro atoms. The Balaban J connectivity index is 1.51. The van der Waals surface area contributed by atoms with Crippen LogP contribution in [0.1, 0.15) is 42.6 Å². The average molecular weight is 534 g/mol. The Kier molecular flexibility index (Phi) is 8.21. The van der Waals surface area contributed by atoms with Gasteiger partial charge in [-0.05, 0) is 81.7 Å². The lowest BCUT2D eigenvalue weighted by Crippen LogP contribution is -2.43. The third kappa shape index (κ3) is 5.96. The van der Waals surface area contributed by atoms with Crippen LogP contribution in [-0.2, 0) is 6.54 Å². The summed E-state index contributed by atoms with van der Waals surface area (Å²) in [6.45, 7) is 6.41. The van der Waals surface area contributed by atoms with Crippen molar-refractivity contribution in [3.8, 4) is 11.5 Å². The molecule has 2 N–H and O–H groups in total. The predicted octanol–water partition coefficient (Wildman–Crippen LogP) is 5.17. The normalized spacial score (nSPS) is 13.8. The zero-order valence-corrected chi connectivity index (χ0v) is 22.1. The number of carbonyl (C=O) groups excluding carboxylic acids is 1. The maximum atomic E-state index is 14.9. The summed E-state index contributed by atoms with van der Waals surface area (Å²) < 4.78 is 32.3. The zero-order valence-electron chi connectivity index (χ0n) is 22.1. The number of hydrogen-bond donors (Lipinski definition) is 2. The molecule has 1 fully saturated rings. The van der Waals surface area contributed by atoms with Crippen LogP contribution in [0.2, 0.25) is 0 Å². The quantitative estimate of drug-likeness (QED) is 0.288. The summed E-state index contributed by atoms with van der Waals surface area (Å²) in [5, 5.41) is 6.26. The van der Waals surface area contributed by atoms with Crippen LogP contribution < -0.4 is 25.0 Å². The van der Waals surface area contributed by atoms with Gasteiger partial charge in [0.15, 0.2) is 17.1 Å². The molecule has 2 aromatic carbocycles. The van der Waals surface area contributed by atoms with E-state index in [0.717, 1.165) is 31.5 Å². The number of nitrogens with one attached hydrogen (secondary N) is 2. The van der Waals surface area contributed by atoms with Gasteiger partial charge in [0, 0.05) is 18.8 Å². The van der Waals surface area contributed by atoms with E-state index in [2.05, 4.69) is 20.5 Å². The van der Waals surface area contributed by atoms with Gasteiger partial charge in [0.05, 0.1) is 30.7 Å². The smallest absolute Gasteiger partial charge is 0.298 e. The van der Waals surface area contributed by atoms with Gasteiger partial charge >= 0.3 is 0 Å². The number of fused-ring (bicyclic) bond motifs is 1. The van der Waals surface area contributed by atoms with E-state index < -0.39 is 5.82 Å². The monoisotopic (exact) mass is 533 g/mol. The second-order valence-electron chi connectivity index (χ2n) is 9.23. The maximum Gasteiger partial charge on any atom is 0.298 e. The van der Waals surface area contributed by atoms with Crippen LogP contribution in [0.4, 0.5) is 16.1 Å². The van der Waals surface area contributed by atoms with E-state index in [4.69, 9.17) is 18.9 Å². The Hall–Kier alpha value is -4.18. The van der Waals surface area contributed by atoms with Crippen molar-refractivity contribution >= 4 is 28.7 Å². The summed E-state index contributed by atoms with van der Waals surface area (Å²) in [5.41, 5.74) is 2.77. The zero-order chi connectivity index (χ0) is 27.2. The number of oxazole rings is 1. The molecule has 10 heteroatoms. The van der Waals surface area contributed by atoms with Crippen LogP contribution in [0.25, 0.3) is 11.1 Å². The first-order valence-corrected chi connectivity index (χ1v) is 13.2. The second-order valence-corrected chi connectivity index (χ2v) is 9.23. The molecular weight excluding hydrogens is 501 g/mol. The third-order valence-corrected chi connectivity index (χ3v) is 6.59. The fraction of sp³-hybridized carbons (Fsp3) is 0.345. The van der Waals surface area contributed by atoms with Crippen molar-refractivity contribution < 1.29 is 23.1 Å². The average Bonchev–Trinajstić information content (AvgIpc) is 3.39. The van der Waals surface area contributed by atoms with Gasteiger partial charge in [-0.15, -0.1) is 0 Å². The number of anilines is 2. The van der Waals surface area contributed by atoms with Gasteiger partial charge in [0.25, 0.3) is 11.9 Å². The fourth-order valence-corrected chi connectivity index (χ4v) is 4.78. The first-order valence-electron chi connectivity index (χ1n) is 13.2. The van der Waals surface area contributed by atoms with Crippen molar-refractivity contribution in [2.45, 2.75) is 39.3 Å². The molecule has 9 nitrogen and oxygen atoms in total. The standard InChI is InChI=1S/C29H32FN5O4/c1-3-37-24-15-19(16-25(26(24)30)38-4-2)18-35(21-10-13-31-14-11-21)29-34-27-22(8-5-9-23(27)39-29)28(36)33-20-7-6-12-32-17-20/h5-9,12,15-17,21,31H,3-4,10-11,13-14,18H2,1-2H3,(H,33,36). The topological polar surface area (TPSA) is 102 Å². The molecule has 0 aliphatic carbocycles. The third-order valence-electron chi connectivity index (χ3n) is 6.59. The maximum absolute atomic E-state index is 14.9. The molecule has 204 valence electrons. The van der Waals surface area contributed by atoms with E-state index in [1.807, 2.05) is 13.8 Å². The molecule has 1 amide bonds. The molecule has 0 saturated carbocycles. The molecule has 0 bridgehead atoms. The number of para-hydroxylation sites is 1. The van der Waals surface area contributed by atoms with Gasteiger partial charge in [-0.3, -0.25) is 9.78 Å². The summed E-state index contributed by atoms with van der Waals surface area (Å²) in [7, 11) is 0. The highest BCUT2D eigenvalue weighted by atomic mass is 19.1. The molecule has 0 radical (unpaired) electrons. The number of hydrogen-bond acceptors (Lipinski definition) is 8. The lowest BCUT2D eigenvalue weighted by Gasteiger charge is -2.33. The number of pyridine rings is 1. The van der Waals surface area contributed by atoms with Crippen molar-refractivity contribution in [1.82, 2.24) is 15.3 Å². The largest absolute Gasteiger partial charge is 0.491 e. The van der Waals surface area contributed by atoms with Gasteiger partial charge in [-0.1, -0.05) is 6.07 Å². The minimum atomic E-state index is -0.512. The minimum Gasteiger partial charge on any atom is -0.491 e. The SMILES string of the molecule is CCOc1cc(CN(c2nc3c(C(=O)Nc4cccnc4)cccc3o2)C2CCNCC2)cc(OCC)c1F. The number of rotatable bonds is 10. The lowest BCUT2D eigenvalue weighted by molar-refractivity contribution is 0.102. The number of amides is 1. The molecule has 1 aliphatic rings. The number of ether oxygens (including phenoxy) is 2. The Morgan fingerprint density at radius 1 is 1.13 bits per heavy atom. The predicted molar refractivity (Wildman–Crippen MR) is 147 cm³/mol. The van der Waals surface area contributed by atoms with Crippen molar-refractivity contribution in [3.63, 3.8) is 0 Å². The van der Waals surface area contributed by atoms with Crippen LogP contribution in [0.15, 0.2) is 59.3 Å². The van der Waals surface area contributed by atoms with Crippen LogP contribution in [-0.4, -0.2) is 48.2 Å². The highest BCUT2D eigenvalue weighted by molar-refractivity contribution is 6.11. The number of halogens is 1. The van der Waals surface area contributed by atoms with Gasteiger partial charge in [-0.2, -0.15) is 9.37 Å². The lowest BCUT2D eigenvalue weighted by atomic mass is 10.0. The summed E-state index contributed by atoms with van der Waals surface area (Å²) in [6.07, 6.45) is 4.99. The van der Waals surface area contributed by atoms with Crippen LogP contribution >= 0.6 is 0 Å². The van der Waals surface area contributed by atoms with E-state index >= 15 is 0 Å². The number of piperidine rings is 1. The summed E-state index contributed by atoms with van der Waals surface area (Å²) in [4.78, 5) is 24.1. The summed E-state index contributed by atoms with van der Waals surface area (Å²) >= 11 is 0. The number of nitrogens with zero attached hydrogens (tertiary/aromatic N) is 3. The Labute approximate surface area is 226 Å². The molecule has 1 saturated heterocycles. The van der Waals surface area contributed by atoms with E-state index in [1.54, 1.807) is 54.9 Å². The number of aromatic nitrogens is 2. The molecule has 5 rings (SSSR count). The highest BCUT2D eigenvalue weighted by Gasteiger charge is 2.27. The molecule has 3 heterocycles. The van der Waals surface area contributed by atoms with E-state index in [0.29, 0.717) is 48.1 Å². The number of carbonyl (C=O) groups is 1. The van der Waals surface area contributed by atoms with E-state index in [-0.39, 0.29) is 23.4 Å². The van der Waals surface area contributed by atoms with Gasteiger partial charge in [0.2, 0.25) is 5.82 Å². The fourth-order valence-electron chi connectivity index (χ4n) is 4.78. The molecule has 0 unspecified atom stereocenters. The molecule has 2 aromatic heterocycles. The van der Waals surface area contributed by atoms with Crippen molar-refractivity contribution in [2.75, 3.05) is 36.5 Å². The molecule has 1 aliphatic heterocycles. The van der Waals surface area contributed by atoms with Gasteiger partial charge in [0.1, 0.15) is 5.52 Å². The molecule has 0 atom stereocenters. The van der Waals surface area contributed by atoms with E-state index in [9.17, 15) is 9.18 Å². The van der Waals surface area contributed by atoms with Gasteiger partial charge in [-0.25, -0.2) is 0 Å².